The van der Waals surface area contributed by atoms with Gasteiger partial charge in [0.2, 0.25) is 0 Å². The molecule has 0 saturated carbocycles. The lowest BCUT2D eigenvalue weighted by Crippen LogP contribution is -2.09. The quantitative estimate of drug-likeness (QED) is 0.787. The lowest BCUT2D eigenvalue weighted by Gasteiger charge is -2.12. The zero-order chi connectivity index (χ0) is 14.0. The van der Waals surface area contributed by atoms with Crippen LogP contribution in [-0.4, -0.2) is 19.9 Å². The molecule has 98 valence electrons. The van der Waals surface area contributed by atoms with Crippen molar-refractivity contribution in [2.75, 3.05) is 19.0 Å². The van der Waals surface area contributed by atoms with Crippen molar-refractivity contribution in [3.8, 4) is 0 Å². The molecule has 0 N–H and O–H groups in total. The summed E-state index contributed by atoms with van der Waals surface area (Å²) in [4.78, 5) is 14.3. The average molecular weight is 294 g/mol. The Labute approximate surface area is 122 Å². The lowest BCUT2D eigenvalue weighted by molar-refractivity contribution is 0.103. The highest BCUT2D eigenvalue weighted by atomic mass is 35.5. The zero-order valence-electron chi connectivity index (χ0n) is 10.7. The third-order valence-electron chi connectivity index (χ3n) is 2.77. The minimum Gasteiger partial charge on any atom is -0.378 e. The van der Waals surface area contributed by atoms with E-state index in [1.807, 2.05) is 31.1 Å². The van der Waals surface area contributed by atoms with E-state index in [0.717, 1.165) is 5.69 Å². The van der Waals surface area contributed by atoms with Crippen LogP contribution in [-0.2, 0) is 0 Å². The highest BCUT2D eigenvalue weighted by Gasteiger charge is 2.11. The molecular formula is C15H13Cl2NO. The maximum atomic E-state index is 12.3. The van der Waals surface area contributed by atoms with Gasteiger partial charge in [-0.15, -0.1) is 0 Å². The molecule has 2 nitrogen and oxygen atoms in total. The van der Waals surface area contributed by atoms with Gasteiger partial charge in [-0.3, -0.25) is 4.79 Å². The van der Waals surface area contributed by atoms with Gasteiger partial charge in [0, 0.05) is 41.0 Å². The van der Waals surface area contributed by atoms with Crippen molar-refractivity contribution < 1.29 is 4.79 Å². The summed E-state index contributed by atoms with van der Waals surface area (Å²) in [5.41, 5.74) is 2.15. The van der Waals surface area contributed by atoms with E-state index >= 15 is 0 Å². The first-order valence-corrected chi connectivity index (χ1v) is 6.51. The van der Waals surface area contributed by atoms with E-state index in [0.29, 0.717) is 21.2 Å². The van der Waals surface area contributed by atoms with E-state index in [2.05, 4.69) is 0 Å². The van der Waals surface area contributed by atoms with Crippen LogP contribution in [0.25, 0.3) is 0 Å². The third-order valence-corrected chi connectivity index (χ3v) is 3.21. The molecule has 0 aliphatic rings. The number of ketones is 1. The molecule has 0 fully saturated rings. The number of halogens is 2. The number of nitrogens with zero attached hydrogens (tertiary/aromatic N) is 1. The number of carbonyl (C=O) groups excluding carboxylic acids is 1. The number of rotatable bonds is 3. The van der Waals surface area contributed by atoms with Crippen LogP contribution in [0.4, 0.5) is 5.69 Å². The predicted octanol–water partition coefficient (Wildman–Crippen LogP) is 4.29. The first-order chi connectivity index (χ1) is 8.97. The molecule has 0 atom stereocenters. The van der Waals surface area contributed by atoms with E-state index in [4.69, 9.17) is 23.2 Å². The number of anilines is 1. The van der Waals surface area contributed by atoms with E-state index < -0.39 is 0 Å². The first-order valence-electron chi connectivity index (χ1n) is 5.75. The van der Waals surface area contributed by atoms with Gasteiger partial charge >= 0.3 is 0 Å². The fourth-order valence-electron chi connectivity index (χ4n) is 1.76. The van der Waals surface area contributed by atoms with Gasteiger partial charge in [0.25, 0.3) is 0 Å². The summed E-state index contributed by atoms with van der Waals surface area (Å²) in [6.07, 6.45) is 0. The van der Waals surface area contributed by atoms with Gasteiger partial charge in [0.15, 0.2) is 5.78 Å². The fraction of sp³-hybridized carbons (Fsp3) is 0.133. The molecule has 0 aliphatic heterocycles. The van der Waals surface area contributed by atoms with Crippen LogP contribution in [0.3, 0.4) is 0 Å². The van der Waals surface area contributed by atoms with Crippen LogP contribution in [0.2, 0.25) is 10.0 Å². The SMILES string of the molecule is CN(C)c1ccc(C(=O)c2cc(Cl)cc(Cl)c2)cc1. The second kappa shape index (κ2) is 5.64. The summed E-state index contributed by atoms with van der Waals surface area (Å²) < 4.78 is 0. The lowest BCUT2D eigenvalue weighted by atomic mass is 10.0. The molecule has 0 bridgehead atoms. The van der Waals surface area contributed by atoms with Crippen LogP contribution in [0.5, 0.6) is 0 Å². The second-order valence-corrected chi connectivity index (χ2v) is 5.30. The summed E-state index contributed by atoms with van der Waals surface area (Å²) in [7, 11) is 3.90. The van der Waals surface area contributed by atoms with Gasteiger partial charge in [0.1, 0.15) is 0 Å². The van der Waals surface area contributed by atoms with Crippen LogP contribution < -0.4 is 4.90 Å². The van der Waals surface area contributed by atoms with Gasteiger partial charge in [-0.2, -0.15) is 0 Å². The predicted molar refractivity (Wildman–Crippen MR) is 80.7 cm³/mol. The normalized spacial score (nSPS) is 10.3. The number of carbonyl (C=O) groups is 1. The zero-order valence-corrected chi connectivity index (χ0v) is 12.2. The van der Waals surface area contributed by atoms with Crippen molar-refractivity contribution in [1.29, 1.82) is 0 Å². The van der Waals surface area contributed by atoms with Crippen LogP contribution >= 0.6 is 23.2 Å². The van der Waals surface area contributed by atoms with E-state index in [9.17, 15) is 4.79 Å². The Bertz CT molecular complexity index is 586. The Morgan fingerprint density at radius 1 is 0.895 bits per heavy atom. The smallest absolute Gasteiger partial charge is 0.193 e. The number of hydrogen-bond acceptors (Lipinski definition) is 2. The maximum absolute atomic E-state index is 12.3. The average Bonchev–Trinajstić information content (AvgIpc) is 2.37. The Kier molecular flexibility index (Phi) is 4.13. The van der Waals surface area contributed by atoms with Gasteiger partial charge < -0.3 is 4.90 Å². The highest BCUT2D eigenvalue weighted by molar-refractivity contribution is 6.35. The topological polar surface area (TPSA) is 20.3 Å². The van der Waals surface area contributed by atoms with Gasteiger partial charge in [-0.1, -0.05) is 23.2 Å². The van der Waals surface area contributed by atoms with Gasteiger partial charge in [-0.05, 0) is 42.5 Å². The monoisotopic (exact) mass is 293 g/mol. The first kappa shape index (κ1) is 13.9. The maximum Gasteiger partial charge on any atom is 0.193 e. The Balaban J connectivity index is 2.33. The molecular weight excluding hydrogens is 281 g/mol. The largest absolute Gasteiger partial charge is 0.378 e. The molecule has 4 heteroatoms. The molecule has 0 radical (unpaired) electrons. The molecule has 2 aromatic carbocycles. The van der Waals surface area contributed by atoms with Crippen LogP contribution in [0.1, 0.15) is 15.9 Å². The van der Waals surface area contributed by atoms with Crippen LogP contribution in [0.15, 0.2) is 42.5 Å². The van der Waals surface area contributed by atoms with Crippen LogP contribution in [0, 0.1) is 0 Å². The molecule has 0 aliphatic carbocycles. The molecule has 0 aromatic heterocycles. The molecule has 2 aromatic rings. The second-order valence-electron chi connectivity index (χ2n) is 4.43. The molecule has 2 rings (SSSR count). The minimum absolute atomic E-state index is 0.0882. The summed E-state index contributed by atoms with van der Waals surface area (Å²) in [5.74, 6) is -0.0882. The standard InChI is InChI=1S/C15H13Cl2NO/c1-18(2)14-5-3-10(4-6-14)15(19)11-7-12(16)9-13(17)8-11/h3-9H,1-2H3. The Hall–Kier alpha value is -1.51. The molecule has 0 saturated heterocycles. The van der Waals surface area contributed by atoms with Crippen molar-refractivity contribution in [2.24, 2.45) is 0 Å². The van der Waals surface area contributed by atoms with Crippen molar-refractivity contribution >= 4 is 34.7 Å². The van der Waals surface area contributed by atoms with Crippen molar-refractivity contribution in [3.05, 3.63) is 63.6 Å². The molecule has 0 unspecified atom stereocenters. The number of hydrogen-bond donors (Lipinski definition) is 0. The Morgan fingerprint density at radius 3 is 1.89 bits per heavy atom. The molecule has 0 heterocycles. The molecule has 0 amide bonds. The van der Waals surface area contributed by atoms with E-state index in [1.54, 1.807) is 30.3 Å². The molecule has 0 spiro atoms. The van der Waals surface area contributed by atoms with Crippen molar-refractivity contribution in [3.63, 3.8) is 0 Å². The highest BCUT2D eigenvalue weighted by Crippen LogP contribution is 2.22. The summed E-state index contributed by atoms with van der Waals surface area (Å²) in [6, 6.07) is 12.2. The summed E-state index contributed by atoms with van der Waals surface area (Å²) in [6.45, 7) is 0. The summed E-state index contributed by atoms with van der Waals surface area (Å²) >= 11 is 11.8. The van der Waals surface area contributed by atoms with Gasteiger partial charge in [0.05, 0.1) is 0 Å². The number of benzene rings is 2. The fourth-order valence-corrected chi connectivity index (χ4v) is 2.29. The van der Waals surface area contributed by atoms with Gasteiger partial charge in [-0.25, -0.2) is 0 Å². The van der Waals surface area contributed by atoms with E-state index in [1.165, 1.54) is 0 Å². The molecule has 19 heavy (non-hydrogen) atoms. The van der Waals surface area contributed by atoms with Crippen molar-refractivity contribution in [2.45, 2.75) is 0 Å². The van der Waals surface area contributed by atoms with Crippen molar-refractivity contribution in [1.82, 2.24) is 0 Å². The van der Waals surface area contributed by atoms with E-state index in [-0.39, 0.29) is 5.78 Å². The minimum atomic E-state index is -0.0882. The summed E-state index contributed by atoms with van der Waals surface area (Å²) in [5, 5.41) is 0.918. The Morgan fingerprint density at radius 2 is 1.42 bits per heavy atom. The third kappa shape index (κ3) is 3.28.